The van der Waals surface area contributed by atoms with Crippen molar-refractivity contribution >= 4 is 45.9 Å². The summed E-state index contributed by atoms with van der Waals surface area (Å²) in [5, 5.41) is 19.1. The van der Waals surface area contributed by atoms with Crippen LogP contribution in [0.25, 0.3) is 10.9 Å². The zero-order valence-corrected chi connectivity index (χ0v) is 15.3. The van der Waals surface area contributed by atoms with Gasteiger partial charge in [0.1, 0.15) is 0 Å². The van der Waals surface area contributed by atoms with Gasteiger partial charge in [0, 0.05) is 18.0 Å². The lowest BCUT2D eigenvalue weighted by atomic mass is 10.0. The molecule has 1 heterocycles. The second-order valence-electron chi connectivity index (χ2n) is 5.84. The minimum atomic E-state index is -1.24. The van der Waals surface area contributed by atoms with Crippen LogP contribution < -0.4 is 0 Å². The molecule has 0 radical (unpaired) electrons. The number of carbonyl (C=O) groups excluding carboxylic acids is 1. The molecule has 130 valence electrons. The number of nitriles is 1. The summed E-state index contributed by atoms with van der Waals surface area (Å²) >= 11 is 12.3. The lowest BCUT2D eigenvalue weighted by Gasteiger charge is -2.09. The SMILES string of the molecule is Cc1cc(C#N)cc2c1cc(C(=O)c1c(Cl)ccc(C(=O)O)c1Cl)n2C. The van der Waals surface area contributed by atoms with Crippen molar-refractivity contribution in [3.63, 3.8) is 0 Å². The van der Waals surface area contributed by atoms with E-state index in [0.29, 0.717) is 16.8 Å². The summed E-state index contributed by atoms with van der Waals surface area (Å²) in [7, 11) is 1.69. The smallest absolute Gasteiger partial charge is 0.337 e. The third-order valence-corrected chi connectivity index (χ3v) is 4.99. The van der Waals surface area contributed by atoms with Crippen LogP contribution in [0, 0.1) is 18.3 Å². The molecule has 0 aliphatic rings. The molecule has 0 unspecified atom stereocenters. The molecule has 0 amide bonds. The quantitative estimate of drug-likeness (QED) is 0.666. The second-order valence-corrected chi connectivity index (χ2v) is 6.63. The average Bonchev–Trinajstić information content (AvgIpc) is 2.92. The number of carbonyl (C=O) groups is 2. The summed E-state index contributed by atoms with van der Waals surface area (Å²) in [4.78, 5) is 24.4. The number of rotatable bonds is 3. The number of hydrogen-bond acceptors (Lipinski definition) is 3. The standard InChI is InChI=1S/C19H12Cl2N2O3/c1-9-5-10(8-22)6-14-12(9)7-15(23(14)2)18(24)16-13(20)4-3-11(17(16)21)19(25)26/h3-7H,1-2H3,(H,25,26). The van der Waals surface area contributed by atoms with Gasteiger partial charge in [-0.15, -0.1) is 0 Å². The topological polar surface area (TPSA) is 83.1 Å². The third kappa shape index (κ3) is 2.74. The van der Waals surface area contributed by atoms with Crippen molar-refractivity contribution in [1.29, 1.82) is 5.26 Å². The molecule has 0 atom stereocenters. The Morgan fingerprint density at radius 1 is 1.19 bits per heavy atom. The Kier molecular flexibility index (Phi) is 4.49. The molecule has 3 aromatic rings. The number of ketones is 1. The van der Waals surface area contributed by atoms with Gasteiger partial charge in [-0.3, -0.25) is 4.79 Å². The molecule has 1 N–H and O–H groups in total. The van der Waals surface area contributed by atoms with E-state index in [-0.39, 0.29) is 21.2 Å². The Morgan fingerprint density at radius 2 is 1.88 bits per heavy atom. The highest BCUT2D eigenvalue weighted by molar-refractivity contribution is 6.42. The summed E-state index contributed by atoms with van der Waals surface area (Å²) in [6.07, 6.45) is 0. The van der Waals surface area contributed by atoms with Gasteiger partial charge in [0.2, 0.25) is 5.78 Å². The van der Waals surface area contributed by atoms with E-state index in [0.717, 1.165) is 10.9 Å². The lowest BCUT2D eigenvalue weighted by Crippen LogP contribution is -2.11. The van der Waals surface area contributed by atoms with Crippen LogP contribution in [0.4, 0.5) is 0 Å². The first-order valence-electron chi connectivity index (χ1n) is 7.52. The number of nitrogens with zero attached hydrogens (tertiary/aromatic N) is 2. The van der Waals surface area contributed by atoms with E-state index in [4.69, 9.17) is 28.5 Å². The Bertz CT molecular complexity index is 1140. The lowest BCUT2D eigenvalue weighted by molar-refractivity contribution is 0.0697. The maximum Gasteiger partial charge on any atom is 0.337 e. The van der Waals surface area contributed by atoms with Crippen molar-refractivity contribution in [1.82, 2.24) is 4.57 Å². The average molecular weight is 387 g/mol. The van der Waals surface area contributed by atoms with Crippen molar-refractivity contribution < 1.29 is 14.7 Å². The fraction of sp³-hybridized carbons (Fsp3) is 0.105. The molecule has 7 heteroatoms. The number of benzene rings is 2. The number of aromatic nitrogens is 1. The molecule has 1 aromatic heterocycles. The number of aromatic carboxylic acids is 1. The highest BCUT2D eigenvalue weighted by Crippen LogP contribution is 2.32. The maximum absolute atomic E-state index is 13.1. The monoisotopic (exact) mass is 386 g/mol. The second kappa shape index (κ2) is 6.49. The Labute approximate surface area is 159 Å². The van der Waals surface area contributed by atoms with E-state index in [1.807, 2.05) is 6.92 Å². The molecule has 26 heavy (non-hydrogen) atoms. The number of aryl methyl sites for hydroxylation is 2. The number of hydrogen-bond donors (Lipinski definition) is 1. The summed E-state index contributed by atoms with van der Waals surface area (Å²) < 4.78 is 1.64. The zero-order valence-electron chi connectivity index (χ0n) is 13.8. The molecule has 0 fully saturated rings. The van der Waals surface area contributed by atoms with Crippen LogP contribution in [-0.4, -0.2) is 21.4 Å². The molecule has 0 saturated carbocycles. The molecule has 3 rings (SSSR count). The van der Waals surface area contributed by atoms with E-state index in [1.54, 1.807) is 29.8 Å². The first-order valence-corrected chi connectivity index (χ1v) is 8.28. The van der Waals surface area contributed by atoms with E-state index in [1.165, 1.54) is 12.1 Å². The van der Waals surface area contributed by atoms with Gasteiger partial charge in [-0.25, -0.2) is 4.79 Å². The Hall–Kier alpha value is -2.81. The predicted molar refractivity (Wildman–Crippen MR) is 99.2 cm³/mol. The Morgan fingerprint density at radius 3 is 2.50 bits per heavy atom. The third-order valence-electron chi connectivity index (χ3n) is 4.28. The van der Waals surface area contributed by atoms with E-state index in [9.17, 15) is 14.7 Å². The molecule has 0 aliphatic heterocycles. The maximum atomic E-state index is 13.1. The zero-order chi connectivity index (χ0) is 19.2. The van der Waals surface area contributed by atoms with Crippen LogP contribution in [0.2, 0.25) is 10.0 Å². The van der Waals surface area contributed by atoms with Crippen molar-refractivity contribution in [3.8, 4) is 6.07 Å². The van der Waals surface area contributed by atoms with Gasteiger partial charge in [0.25, 0.3) is 0 Å². The van der Waals surface area contributed by atoms with E-state index >= 15 is 0 Å². The van der Waals surface area contributed by atoms with Gasteiger partial charge in [0.05, 0.1) is 38.5 Å². The van der Waals surface area contributed by atoms with E-state index < -0.39 is 11.8 Å². The van der Waals surface area contributed by atoms with Crippen molar-refractivity contribution in [2.45, 2.75) is 6.92 Å². The van der Waals surface area contributed by atoms with Crippen molar-refractivity contribution in [2.75, 3.05) is 0 Å². The predicted octanol–water partition coefficient (Wildman–Crippen LogP) is 4.59. The fourth-order valence-corrected chi connectivity index (χ4v) is 3.57. The van der Waals surface area contributed by atoms with Gasteiger partial charge in [-0.05, 0) is 42.8 Å². The van der Waals surface area contributed by atoms with Gasteiger partial charge in [-0.2, -0.15) is 5.26 Å². The van der Waals surface area contributed by atoms with Crippen LogP contribution in [-0.2, 0) is 7.05 Å². The van der Waals surface area contributed by atoms with Crippen LogP contribution >= 0.6 is 23.2 Å². The van der Waals surface area contributed by atoms with Crippen LogP contribution in [0.15, 0.2) is 30.3 Å². The first kappa shape index (κ1) is 18.0. The van der Waals surface area contributed by atoms with Gasteiger partial charge < -0.3 is 9.67 Å². The Balaban J connectivity index is 2.26. The number of carboxylic acid groups (broad SMARTS) is 1. The molecular formula is C19H12Cl2N2O3. The molecule has 2 aromatic carbocycles. The number of halogens is 2. The molecule has 0 spiro atoms. The number of carboxylic acids is 1. The molecule has 0 bridgehead atoms. The minimum absolute atomic E-state index is 0.0581. The van der Waals surface area contributed by atoms with E-state index in [2.05, 4.69) is 6.07 Å². The van der Waals surface area contributed by atoms with Gasteiger partial charge >= 0.3 is 5.97 Å². The minimum Gasteiger partial charge on any atom is -0.478 e. The molecule has 0 saturated heterocycles. The normalized spacial score (nSPS) is 10.7. The summed E-state index contributed by atoms with van der Waals surface area (Å²) in [6, 6.07) is 9.80. The van der Waals surface area contributed by atoms with Crippen LogP contribution in [0.1, 0.15) is 37.5 Å². The fourth-order valence-electron chi connectivity index (χ4n) is 2.94. The van der Waals surface area contributed by atoms with Gasteiger partial charge in [0.15, 0.2) is 0 Å². The van der Waals surface area contributed by atoms with Gasteiger partial charge in [-0.1, -0.05) is 23.2 Å². The first-order chi connectivity index (χ1) is 12.3. The summed E-state index contributed by atoms with van der Waals surface area (Å²) in [5.41, 5.74) is 2.10. The van der Waals surface area contributed by atoms with Crippen molar-refractivity contribution in [3.05, 3.63) is 68.3 Å². The van der Waals surface area contributed by atoms with Crippen LogP contribution in [0.5, 0.6) is 0 Å². The molecular weight excluding hydrogens is 375 g/mol. The highest BCUT2D eigenvalue weighted by atomic mass is 35.5. The number of fused-ring (bicyclic) bond motifs is 1. The summed E-state index contributed by atoms with van der Waals surface area (Å²) in [5.74, 6) is -1.73. The van der Waals surface area contributed by atoms with Crippen molar-refractivity contribution in [2.24, 2.45) is 7.05 Å². The summed E-state index contributed by atoms with van der Waals surface area (Å²) in [6.45, 7) is 1.85. The van der Waals surface area contributed by atoms with Crippen LogP contribution in [0.3, 0.4) is 0 Å². The largest absolute Gasteiger partial charge is 0.478 e. The highest BCUT2D eigenvalue weighted by Gasteiger charge is 2.24. The molecule has 0 aliphatic carbocycles. The molecule has 5 nitrogen and oxygen atoms in total.